The number of rotatable bonds is 7. The molecule has 0 aliphatic carbocycles. The van der Waals surface area contributed by atoms with Crippen LogP contribution < -0.4 is 5.32 Å². The Morgan fingerprint density at radius 1 is 1.42 bits per heavy atom. The van der Waals surface area contributed by atoms with E-state index in [1.165, 1.54) is 0 Å². The van der Waals surface area contributed by atoms with Gasteiger partial charge in [-0.3, -0.25) is 0 Å². The van der Waals surface area contributed by atoms with Gasteiger partial charge in [-0.25, -0.2) is 0 Å². The molecule has 0 fully saturated rings. The second-order valence-electron chi connectivity index (χ2n) is 6.22. The second kappa shape index (κ2) is 8.20. The van der Waals surface area contributed by atoms with Crippen molar-refractivity contribution in [3.63, 3.8) is 0 Å². The van der Waals surface area contributed by atoms with Crippen molar-refractivity contribution in [3.8, 4) is 0 Å². The number of amides is 1. The molecule has 0 radical (unpaired) electrons. The first kappa shape index (κ1) is 18.0. The van der Waals surface area contributed by atoms with E-state index in [1.54, 1.807) is 0 Å². The van der Waals surface area contributed by atoms with E-state index in [0.717, 1.165) is 6.11 Å². The molecule has 19 heavy (non-hydrogen) atoms. The third-order valence-corrected chi connectivity index (χ3v) is 2.69. The molecule has 1 amide bonds. The van der Waals surface area contributed by atoms with Gasteiger partial charge in [-0.2, -0.15) is 0 Å². The number of aliphatic imine (C=N–C) groups is 1. The molecule has 0 unspecified atom stereocenters. The van der Waals surface area contributed by atoms with Crippen molar-refractivity contribution >= 4 is 19.2 Å². The number of carbonyl (C=O) groups is 1. The molecule has 2 atom stereocenters. The quantitative estimate of drug-likeness (QED) is 0.534. The van der Waals surface area contributed by atoms with E-state index >= 15 is 0 Å². The summed E-state index contributed by atoms with van der Waals surface area (Å²) in [7, 11) is 0.559. The van der Waals surface area contributed by atoms with Crippen molar-refractivity contribution in [2.75, 3.05) is 6.61 Å². The van der Waals surface area contributed by atoms with Crippen LogP contribution in [0.3, 0.4) is 0 Å². The number of carbonyl (C=O) groups excluding carboxylic acids is 1. The number of nitrogens with one attached hydrogen (secondary N) is 1. The topological polar surface area (TPSA) is 78.8 Å². The first-order valence-electron chi connectivity index (χ1n) is 6.60. The van der Waals surface area contributed by atoms with E-state index in [4.69, 9.17) is 0 Å². The number of hydrogen-bond donors (Lipinski definition) is 2. The molecular formula is C13H25BN2O3. The van der Waals surface area contributed by atoms with Gasteiger partial charge in [0.1, 0.15) is 0 Å². The van der Waals surface area contributed by atoms with Crippen LogP contribution in [0.15, 0.2) is 4.99 Å². The standard InChI is InChI=1S/C13H25BN2O3/c1-9(2)6-10(7-17)16-12(18)11(13(3,4)5)15-8-14-19/h8-11,17H,6-7H2,1-5H3,(H,16,18)/t10-,11+/m0/s1. The molecule has 0 saturated carbocycles. The maximum atomic E-state index is 12.2. The molecule has 6 heteroatoms. The van der Waals surface area contributed by atoms with Gasteiger partial charge in [-0.05, 0) is 0 Å². The van der Waals surface area contributed by atoms with E-state index in [-0.39, 0.29) is 24.0 Å². The van der Waals surface area contributed by atoms with Crippen molar-refractivity contribution in [3.05, 3.63) is 0 Å². The Balaban J connectivity index is 4.80. The predicted octanol–water partition coefficient (Wildman–Crippen LogP) is 1.00. The van der Waals surface area contributed by atoms with Gasteiger partial charge in [-0.15, -0.1) is 0 Å². The fraction of sp³-hybridized carbons (Fsp3) is 0.846. The average molecular weight is 268 g/mol. The van der Waals surface area contributed by atoms with Gasteiger partial charge in [0.25, 0.3) is 0 Å². The average Bonchev–Trinajstić information content (AvgIpc) is 2.26. The summed E-state index contributed by atoms with van der Waals surface area (Å²) in [5, 5.41) is 12.1. The third kappa shape index (κ3) is 7.20. The molecule has 0 heterocycles. The summed E-state index contributed by atoms with van der Waals surface area (Å²) in [6.45, 7) is 9.61. The van der Waals surface area contributed by atoms with Crippen LogP contribution in [0.5, 0.6) is 0 Å². The molecule has 5 nitrogen and oxygen atoms in total. The van der Waals surface area contributed by atoms with Gasteiger partial charge in [0.15, 0.2) is 0 Å². The van der Waals surface area contributed by atoms with Gasteiger partial charge >= 0.3 is 115 Å². The Morgan fingerprint density at radius 3 is 2.37 bits per heavy atom. The summed E-state index contributed by atoms with van der Waals surface area (Å²) in [5.41, 5.74) is -0.387. The normalized spacial score (nSPS) is 15.3. The monoisotopic (exact) mass is 268 g/mol. The van der Waals surface area contributed by atoms with E-state index in [2.05, 4.69) is 10.3 Å². The van der Waals surface area contributed by atoms with Crippen molar-refractivity contribution in [1.29, 1.82) is 0 Å². The zero-order valence-electron chi connectivity index (χ0n) is 12.5. The van der Waals surface area contributed by atoms with Crippen LogP contribution in [0.25, 0.3) is 0 Å². The summed E-state index contributed by atoms with van der Waals surface area (Å²) < 4.78 is 10.4. The molecule has 108 valence electrons. The number of aliphatic hydroxyl groups excluding tert-OH is 1. The van der Waals surface area contributed by atoms with Crippen LogP contribution in [-0.4, -0.2) is 43.0 Å². The van der Waals surface area contributed by atoms with Gasteiger partial charge in [-0.1, -0.05) is 0 Å². The van der Waals surface area contributed by atoms with Gasteiger partial charge in [0.2, 0.25) is 0 Å². The Labute approximate surface area is 116 Å². The van der Waals surface area contributed by atoms with E-state index < -0.39 is 6.04 Å². The zero-order valence-corrected chi connectivity index (χ0v) is 12.5. The molecule has 2 N–H and O–H groups in total. The maximum absolute atomic E-state index is 12.2. The van der Waals surface area contributed by atoms with Crippen LogP contribution in [0.2, 0.25) is 0 Å². The molecule has 0 aromatic carbocycles. The van der Waals surface area contributed by atoms with Crippen LogP contribution in [0.4, 0.5) is 0 Å². The molecular weight excluding hydrogens is 243 g/mol. The molecule has 0 saturated heterocycles. The summed E-state index contributed by atoms with van der Waals surface area (Å²) in [6.07, 6.45) is 1.81. The Kier molecular flexibility index (Phi) is 7.75. The molecule has 0 rings (SSSR count). The number of nitrogens with zero attached hydrogens (tertiary/aromatic N) is 1. The van der Waals surface area contributed by atoms with Crippen molar-refractivity contribution in [2.24, 2.45) is 16.3 Å². The van der Waals surface area contributed by atoms with Crippen LogP contribution in [0, 0.1) is 11.3 Å². The van der Waals surface area contributed by atoms with E-state index in [0.29, 0.717) is 19.5 Å². The first-order valence-corrected chi connectivity index (χ1v) is 6.60. The predicted molar refractivity (Wildman–Crippen MR) is 76.6 cm³/mol. The minimum absolute atomic E-state index is 0.0990. The van der Waals surface area contributed by atoms with Crippen molar-refractivity contribution in [2.45, 2.75) is 53.1 Å². The third-order valence-electron chi connectivity index (χ3n) is 2.69. The Hall–Kier alpha value is -1.04. The molecule has 0 bridgehead atoms. The molecule has 0 aromatic heterocycles. The summed E-state index contributed by atoms with van der Waals surface area (Å²) in [5.74, 6) is 0.120. The van der Waals surface area contributed by atoms with Gasteiger partial charge in [0.05, 0.1) is 0 Å². The Bertz CT molecular complexity index is 324. The summed E-state index contributed by atoms with van der Waals surface area (Å²) >= 11 is 0. The number of hydrogen-bond acceptors (Lipinski definition) is 4. The molecule has 0 spiro atoms. The second-order valence-corrected chi connectivity index (χ2v) is 6.22. The van der Waals surface area contributed by atoms with E-state index in [9.17, 15) is 14.6 Å². The van der Waals surface area contributed by atoms with Crippen molar-refractivity contribution < 1.29 is 14.6 Å². The van der Waals surface area contributed by atoms with Gasteiger partial charge < -0.3 is 0 Å². The fourth-order valence-electron chi connectivity index (χ4n) is 1.83. The minimum atomic E-state index is -0.640. The fourth-order valence-corrected chi connectivity index (χ4v) is 1.83. The Morgan fingerprint density at radius 2 is 2.00 bits per heavy atom. The zero-order chi connectivity index (χ0) is 15.1. The number of aliphatic hydroxyl groups is 1. The van der Waals surface area contributed by atoms with E-state index in [1.807, 2.05) is 34.6 Å². The SMILES string of the molecule is CC(C)C[C@@H](CO)NC(=O)[C@@H](N=CB=O)C(C)(C)C. The summed E-state index contributed by atoms with van der Waals surface area (Å²) in [6, 6.07) is -0.914. The van der Waals surface area contributed by atoms with Crippen LogP contribution in [0.1, 0.15) is 41.0 Å². The molecule has 0 aliphatic rings. The molecule has 0 aromatic rings. The van der Waals surface area contributed by atoms with Crippen molar-refractivity contribution in [1.82, 2.24) is 5.32 Å². The van der Waals surface area contributed by atoms with Gasteiger partial charge in [0, 0.05) is 0 Å². The first-order chi connectivity index (χ1) is 8.72. The molecule has 0 aliphatic heterocycles. The van der Waals surface area contributed by atoms with Crippen LogP contribution >= 0.6 is 0 Å². The van der Waals surface area contributed by atoms with Crippen LogP contribution in [-0.2, 0) is 9.50 Å². The summed E-state index contributed by atoms with van der Waals surface area (Å²) in [4.78, 5) is 16.2.